The molecule has 0 N–H and O–H groups in total. The minimum atomic E-state index is 0.0418. The van der Waals surface area contributed by atoms with Crippen molar-refractivity contribution in [1.82, 2.24) is 4.90 Å². The van der Waals surface area contributed by atoms with Crippen LogP contribution in [0.25, 0.3) is 6.08 Å². The van der Waals surface area contributed by atoms with Gasteiger partial charge in [0.05, 0.1) is 0 Å². The maximum absolute atomic E-state index is 12.2. The summed E-state index contributed by atoms with van der Waals surface area (Å²) in [5, 5.41) is 0.867. The fourth-order valence-electron chi connectivity index (χ4n) is 2.36. The number of hydrogen-bond donors (Lipinski definition) is 0. The summed E-state index contributed by atoms with van der Waals surface area (Å²) in [6.07, 6.45) is 2.93. The van der Waals surface area contributed by atoms with Gasteiger partial charge in [0.25, 0.3) is 5.91 Å². The number of fused-ring (bicyclic) bond motifs is 1. The van der Waals surface area contributed by atoms with E-state index in [1.165, 1.54) is 5.56 Å². The zero-order valence-electron chi connectivity index (χ0n) is 11.8. The Morgan fingerprint density at radius 2 is 2.05 bits per heavy atom. The van der Waals surface area contributed by atoms with Gasteiger partial charge in [-0.25, -0.2) is 4.99 Å². The van der Waals surface area contributed by atoms with Crippen molar-refractivity contribution < 1.29 is 4.79 Å². The third-order valence-corrected chi connectivity index (χ3v) is 4.64. The predicted octanol–water partition coefficient (Wildman–Crippen LogP) is 3.49. The molecule has 1 amide bonds. The zero-order valence-corrected chi connectivity index (χ0v) is 12.6. The smallest absolute Gasteiger partial charge is 0.278 e. The molecule has 1 fully saturated rings. The molecule has 2 aliphatic rings. The molecule has 20 heavy (non-hydrogen) atoms. The Morgan fingerprint density at radius 3 is 2.70 bits per heavy atom. The highest BCUT2D eigenvalue weighted by Gasteiger charge is 2.32. The van der Waals surface area contributed by atoms with Crippen molar-refractivity contribution in [3.8, 4) is 0 Å². The van der Waals surface area contributed by atoms with E-state index in [1.54, 1.807) is 16.7 Å². The van der Waals surface area contributed by atoms with Gasteiger partial charge in [0.2, 0.25) is 0 Å². The van der Waals surface area contributed by atoms with E-state index in [2.05, 4.69) is 43.1 Å². The van der Waals surface area contributed by atoms with Gasteiger partial charge in [-0.15, -0.1) is 0 Å². The van der Waals surface area contributed by atoms with Crippen LogP contribution >= 0.6 is 11.8 Å². The predicted molar refractivity (Wildman–Crippen MR) is 84.7 cm³/mol. The Kier molecular flexibility index (Phi) is 3.66. The number of amides is 1. The molecule has 1 saturated heterocycles. The average Bonchev–Trinajstić information content (AvgIpc) is 2.77. The highest BCUT2D eigenvalue weighted by Crippen LogP contribution is 2.28. The van der Waals surface area contributed by atoms with Crippen molar-refractivity contribution in [2.45, 2.75) is 26.2 Å². The summed E-state index contributed by atoms with van der Waals surface area (Å²) in [4.78, 5) is 18.5. The molecule has 0 bridgehead atoms. The van der Waals surface area contributed by atoms with E-state index in [4.69, 9.17) is 0 Å². The van der Waals surface area contributed by atoms with Crippen LogP contribution in [0.2, 0.25) is 0 Å². The molecule has 4 heteroatoms. The molecule has 0 spiro atoms. The largest absolute Gasteiger partial charge is 0.286 e. The molecule has 2 aliphatic heterocycles. The second-order valence-electron chi connectivity index (χ2n) is 5.40. The molecule has 0 atom stereocenters. The number of carbonyl (C=O) groups excluding carboxylic acids is 1. The highest BCUT2D eigenvalue weighted by atomic mass is 32.2. The van der Waals surface area contributed by atoms with Crippen molar-refractivity contribution in [3.63, 3.8) is 0 Å². The summed E-state index contributed by atoms with van der Waals surface area (Å²) in [7, 11) is 0. The topological polar surface area (TPSA) is 32.7 Å². The van der Waals surface area contributed by atoms with Crippen LogP contribution in [0.3, 0.4) is 0 Å². The third kappa shape index (κ3) is 2.52. The Bertz CT molecular complexity index is 587. The van der Waals surface area contributed by atoms with Crippen LogP contribution in [0.5, 0.6) is 0 Å². The molecule has 0 aliphatic carbocycles. The minimum absolute atomic E-state index is 0.0418. The lowest BCUT2D eigenvalue weighted by Gasteiger charge is -2.21. The van der Waals surface area contributed by atoms with Crippen molar-refractivity contribution in [2.75, 3.05) is 12.3 Å². The molecule has 1 aromatic rings. The van der Waals surface area contributed by atoms with Crippen LogP contribution in [-0.2, 0) is 4.79 Å². The van der Waals surface area contributed by atoms with Gasteiger partial charge < -0.3 is 0 Å². The van der Waals surface area contributed by atoms with Crippen LogP contribution in [0.1, 0.15) is 37.3 Å². The average molecular weight is 286 g/mol. The Morgan fingerprint density at radius 1 is 1.30 bits per heavy atom. The quantitative estimate of drug-likeness (QED) is 0.780. The SMILES string of the molecule is CC(C)c1ccc(/C=C2\N=C3SCCCN3C2=O)cc1. The Hall–Kier alpha value is -1.55. The first kappa shape index (κ1) is 13.4. The van der Waals surface area contributed by atoms with Crippen molar-refractivity contribution in [2.24, 2.45) is 4.99 Å². The number of aliphatic imine (C=N–C) groups is 1. The molecule has 2 heterocycles. The van der Waals surface area contributed by atoms with Crippen molar-refractivity contribution in [3.05, 3.63) is 41.1 Å². The maximum Gasteiger partial charge on any atom is 0.278 e. The van der Waals surface area contributed by atoms with E-state index in [1.807, 2.05) is 6.08 Å². The Balaban J connectivity index is 1.85. The number of benzene rings is 1. The normalized spacial score (nSPS) is 20.6. The number of hydrogen-bond acceptors (Lipinski definition) is 3. The van der Waals surface area contributed by atoms with Crippen LogP contribution in [0.4, 0.5) is 0 Å². The van der Waals surface area contributed by atoms with E-state index >= 15 is 0 Å². The van der Waals surface area contributed by atoms with E-state index in [0.29, 0.717) is 11.6 Å². The van der Waals surface area contributed by atoms with Gasteiger partial charge in [0, 0.05) is 12.3 Å². The fourth-order valence-corrected chi connectivity index (χ4v) is 3.31. The van der Waals surface area contributed by atoms with Gasteiger partial charge in [-0.2, -0.15) is 0 Å². The lowest BCUT2D eigenvalue weighted by molar-refractivity contribution is -0.122. The first-order chi connectivity index (χ1) is 9.65. The van der Waals surface area contributed by atoms with Crippen LogP contribution < -0.4 is 0 Å². The van der Waals surface area contributed by atoms with E-state index < -0.39 is 0 Å². The van der Waals surface area contributed by atoms with Crippen molar-refractivity contribution in [1.29, 1.82) is 0 Å². The summed E-state index contributed by atoms with van der Waals surface area (Å²) in [5.74, 6) is 1.62. The van der Waals surface area contributed by atoms with Gasteiger partial charge in [0.15, 0.2) is 5.17 Å². The number of carbonyl (C=O) groups is 1. The standard InChI is InChI=1S/C16H18N2OS/c1-11(2)13-6-4-12(5-7-13)10-14-15(19)18-8-3-9-20-16(18)17-14/h4-7,10-11H,3,8-9H2,1-2H3/b14-10-. The maximum atomic E-state index is 12.2. The van der Waals surface area contributed by atoms with Crippen LogP contribution in [-0.4, -0.2) is 28.3 Å². The number of rotatable bonds is 2. The van der Waals surface area contributed by atoms with Crippen LogP contribution in [0.15, 0.2) is 35.0 Å². The van der Waals surface area contributed by atoms with Gasteiger partial charge in [-0.1, -0.05) is 49.9 Å². The molecular formula is C16H18N2OS. The van der Waals surface area contributed by atoms with E-state index in [0.717, 1.165) is 29.4 Å². The second-order valence-corrected chi connectivity index (χ2v) is 6.47. The van der Waals surface area contributed by atoms with Crippen molar-refractivity contribution >= 4 is 28.9 Å². The fraction of sp³-hybridized carbons (Fsp3) is 0.375. The van der Waals surface area contributed by atoms with Gasteiger partial charge in [0.1, 0.15) is 5.70 Å². The summed E-state index contributed by atoms with van der Waals surface area (Å²) in [5.41, 5.74) is 2.91. The molecule has 3 rings (SSSR count). The number of thioether (sulfide) groups is 1. The molecular weight excluding hydrogens is 268 g/mol. The second kappa shape index (κ2) is 5.44. The molecule has 0 radical (unpaired) electrons. The highest BCUT2D eigenvalue weighted by molar-refractivity contribution is 8.13. The molecule has 104 valence electrons. The molecule has 1 aromatic carbocycles. The lowest BCUT2D eigenvalue weighted by atomic mass is 10.0. The minimum Gasteiger partial charge on any atom is -0.286 e. The first-order valence-corrected chi connectivity index (χ1v) is 7.99. The summed E-state index contributed by atoms with van der Waals surface area (Å²) >= 11 is 1.67. The van der Waals surface area contributed by atoms with E-state index in [-0.39, 0.29) is 5.91 Å². The molecule has 3 nitrogen and oxygen atoms in total. The number of amidine groups is 1. The molecule has 0 unspecified atom stereocenters. The van der Waals surface area contributed by atoms with Gasteiger partial charge >= 0.3 is 0 Å². The first-order valence-electron chi connectivity index (χ1n) is 7.00. The van der Waals surface area contributed by atoms with Crippen LogP contribution in [0, 0.1) is 0 Å². The zero-order chi connectivity index (χ0) is 14.1. The third-order valence-electron chi connectivity index (χ3n) is 3.58. The summed E-state index contributed by atoms with van der Waals surface area (Å²) in [6, 6.07) is 8.35. The van der Waals surface area contributed by atoms with Gasteiger partial charge in [-0.3, -0.25) is 9.69 Å². The van der Waals surface area contributed by atoms with Gasteiger partial charge in [-0.05, 0) is 29.5 Å². The summed E-state index contributed by atoms with van der Waals surface area (Å²) < 4.78 is 0. The number of nitrogens with zero attached hydrogens (tertiary/aromatic N) is 2. The van der Waals surface area contributed by atoms with E-state index in [9.17, 15) is 4.79 Å². The summed E-state index contributed by atoms with van der Waals surface area (Å²) in [6.45, 7) is 5.15. The lowest BCUT2D eigenvalue weighted by Crippen LogP contribution is -2.34. The monoisotopic (exact) mass is 286 g/mol. The Labute approximate surface area is 123 Å². The molecule has 0 saturated carbocycles. The molecule has 0 aromatic heterocycles.